The van der Waals surface area contributed by atoms with Gasteiger partial charge in [-0.2, -0.15) is 0 Å². The van der Waals surface area contributed by atoms with Crippen LogP contribution in [0.5, 0.6) is 0 Å². The van der Waals surface area contributed by atoms with Crippen LogP contribution in [-0.2, 0) is 9.36 Å². The highest BCUT2D eigenvalue weighted by molar-refractivity contribution is 9.24. The number of carboxylic acid groups (broad SMARTS) is 1. The highest BCUT2D eigenvalue weighted by Crippen LogP contribution is 2.38. The maximum Gasteiger partial charge on any atom is 0.379 e. The van der Waals surface area contributed by atoms with Crippen molar-refractivity contribution >= 4 is 45.4 Å². The van der Waals surface area contributed by atoms with Gasteiger partial charge in [0, 0.05) is 0 Å². The molecule has 0 radical (unpaired) electrons. The molecule has 0 heterocycles. The van der Waals surface area contributed by atoms with Gasteiger partial charge in [-0.1, -0.05) is 38.3 Å². The normalized spacial score (nSPS) is 15.5. The molecule has 1 unspecified atom stereocenters. The van der Waals surface area contributed by atoms with Crippen molar-refractivity contribution in [2.24, 2.45) is 0 Å². The van der Waals surface area contributed by atoms with E-state index < -0.39 is 31.0 Å². The topological polar surface area (TPSA) is 118 Å². The van der Waals surface area contributed by atoms with Crippen molar-refractivity contribution in [1.29, 1.82) is 0 Å². The highest BCUT2D eigenvalue weighted by atomic mass is 79.9. The first kappa shape index (κ1) is 19.5. The summed E-state index contributed by atoms with van der Waals surface area (Å²) in [5.74, 6) is -1.36. The summed E-state index contributed by atoms with van der Waals surface area (Å²) in [6, 6.07) is 0. The molecule has 0 aliphatic heterocycles. The number of hydrogen-bond donors (Lipinski definition) is 3. The minimum Gasteiger partial charge on any atom is -0.632 e. The Labute approximate surface area is 128 Å². The van der Waals surface area contributed by atoms with Crippen molar-refractivity contribution in [2.75, 3.05) is 19.4 Å². The Morgan fingerprint density at radius 2 is 1.84 bits per heavy atom. The summed E-state index contributed by atoms with van der Waals surface area (Å²) in [4.78, 5) is 28.3. The summed E-state index contributed by atoms with van der Waals surface area (Å²) in [6.45, 7) is -0.933. The third-order valence-corrected chi connectivity index (χ3v) is 4.15. The van der Waals surface area contributed by atoms with E-state index in [4.69, 9.17) is 14.9 Å². The number of nitrogens with zero attached hydrogens (tertiary/aromatic N) is 1. The zero-order valence-electron chi connectivity index (χ0n) is 10.2. The Morgan fingerprint density at radius 1 is 1.26 bits per heavy atom. The van der Waals surface area contributed by atoms with E-state index in [2.05, 4.69) is 31.9 Å². The van der Waals surface area contributed by atoms with Crippen LogP contribution in [0.25, 0.3) is 0 Å². The molecule has 10 heteroatoms. The van der Waals surface area contributed by atoms with Crippen molar-refractivity contribution in [2.45, 2.75) is 29.4 Å². The average Bonchev–Trinajstić information content (AvgIpc) is 2.11. The smallest absolute Gasteiger partial charge is 0.379 e. The molecule has 3 N–H and O–H groups in total. The highest BCUT2D eigenvalue weighted by Gasteiger charge is 2.30. The number of hydrogen-bond acceptors (Lipinski definition) is 3. The maximum absolute atomic E-state index is 12.1. The molecule has 0 saturated heterocycles. The molecule has 1 atom stereocenters. The second kappa shape index (κ2) is 8.71. The summed E-state index contributed by atoms with van der Waals surface area (Å²) >= 11 is 6.62. The number of hydroxylamine groups is 3. The van der Waals surface area contributed by atoms with Gasteiger partial charge in [-0.15, -0.1) is 0 Å². The minimum absolute atomic E-state index is 0.105. The molecule has 19 heavy (non-hydrogen) atoms. The number of alkyl halides is 2. The zero-order chi connectivity index (χ0) is 15.1. The third kappa shape index (κ3) is 12.0. The van der Waals surface area contributed by atoms with Gasteiger partial charge in [0.2, 0.25) is 0 Å². The largest absolute Gasteiger partial charge is 0.632 e. The summed E-state index contributed by atoms with van der Waals surface area (Å²) in [5.41, 5.74) is 0. The Kier molecular flexibility index (Phi) is 8.94. The second-order valence-electron chi connectivity index (χ2n) is 4.38. The monoisotopic (exact) mass is 425 g/mol. The number of carboxylic acids is 1. The van der Waals surface area contributed by atoms with Crippen molar-refractivity contribution in [3.63, 3.8) is 0 Å². The van der Waals surface area contributed by atoms with Crippen LogP contribution in [0.3, 0.4) is 0 Å². The summed E-state index contributed by atoms with van der Waals surface area (Å²) in [5, 5.41) is 20.7. The van der Waals surface area contributed by atoms with E-state index in [0.29, 0.717) is 12.8 Å². The summed E-state index contributed by atoms with van der Waals surface area (Å²) in [7, 11) is -4.53. The number of aliphatic carboxylic acids is 1. The molecule has 114 valence electrons. The van der Waals surface area contributed by atoms with E-state index in [0.717, 1.165) is 12.8 Å². The molecular weight excluding hydrogens is 409 g/mol. The SMILES string of the molecule is O=C(O)C[N+]([O-])(CCCCCC(Br)Br)CP(=O)(O)O. The first-order valence-electron chi connectivity index (χ1n) is 5.66. The van der Waals surface area contributed by atoms with Crippen molar-refractivity contribution in [3.8, 4) is 0 Å². The van der Waals surface area contributed by atoms with E-state index in [1.54, 1.807) is 0 Å². The molecule has 0 aromatic carbocycles. The van der Waals surface area contributed by atoms with E-state index in [1.807, 2.05) is 0 Å². The molecule has 0 aromatic rings. The lowest BCUT2D eigenvalue weighted by Gasteiger charge is -2.41. The van der Waals surface area contributed by atoms with Gasteiger partial charge in [-0.05, 0) is 19.3 Å². The molecule has 0 aromatic heterocycles. The zero-order valence-corrected chi connectivity index (χ0v) is 14.3. The molecule has 0 amide bonds. The van der Waals surface area contributed by atoms with E-state index in [1.165, 1.54) is 0 Å². The van der Waals surface area contributed by atoms with E-state index in [-0.39, 0.29) is 10.3 Å². The molecule has 0 spiro atoms. The van der Waals surface area contributed by atoms with Crippen LogP contribution in [0.4, 0.5) is 0 Å². The molecule has 0 saturated carbocycles. The number of carbonyl (C=O) groups is 1. The Bertz CT molecular complexity index is 337. The fraction of sp³-hybridized carbons (Fsp3) is 0.889. The number of quaternary nitrogens is 1. The van der Waals surface area contributed by atoms with Gasteiger partial charge in [0.1, 0.15) is 0 Å². The van der Waals surface area contributed by atoms with Crippen LogP contribution in [-0.4, -0.2) is 48.6 Å². The first-order valence-corrected chi connectivity index (χ1v) is 9.28. The predicted molar refractivity (Wildman–Crippen MR) is 78.0 cm³/mol. The van der Waals surface area contributed by atoms with E-state index in [9.17, 15) is 14.6 Å². The van der Waals surface area contributed by atoms with Gasteiger partial charge in [0.15, 0.2) is 12.8 Å². The number of rotatable bonds is 10. The van der Waals surface area contributed by atoms with Crippen LogP contribution in [0.2, 0.25) is 0 Å². The first-order chi connectivity index (χ1) is 8.54. The Hall–Kier alpha value is 0.500. The van der Waals surface area contributed by atoms with Crippen molar-refractivity contribution in [3.05, 3.63) is 5.21 Å². The van der Waals surface area contributed by atoms with Crippen LogP contribution in [0, 0.1) is 5.21 Å². The van der Waals surface area contributed by atoms with Gasteiger partial charge in [0.05, 0.1) is 10.3 Å². The molecule has 0 aliphatic carbocycles. The molecule has 7 nitrogen and oxygen atoms in total. The fourth-order valence-corrected chi connectivity index (χ4v) is 3.22. The fourth-order valence-electron chi connectivity index (χ4n) is 1.66. The quantitative estimate of drug-likeness (QED) is 0.162. The molecule has 0 bridgehead atoms. The van der Waals surface area contributed by atoms with Gasteiger partial charge in [-0.3, -0.25) is 4.57 Å². The summed E-state index contributed by atoms with van der Waals surface area (Å²) < 4.78 is 9.69. The van der Waals surface area contributed by atoms with Crippen LogP contribution in [0.1, 0.15) is 25.7 Å². The standard InChI is InChI=1S/C9H18Br2NO6P/c10-8(11)4-2-1-3-5-12(15,6-9(13)14)7-19(16,17)18/h8H,1-7H2,(H,13,14)(H2,16,17,18). The Morgan fingerprint density at radius 3 is 2.26 bits per heavy atom. The van der Waals surface area contributed by atoms with Crippen molar-refractivity contribution in [1.82, 2.24) is 0 Å². The number of unbranched alkanes of at least 4 members (excludes halogenated alkanes) is 2. The summed E-state index contributed by atoms with van der Waals surface area (Å²) in [6.07, 6.45) is 1.85. The van der Waals surface area contributed by atoms with Gasteiger partial charge in [-0.25, -0.2) is 4.79 Å². The lowest BCUT2D eigenvalue weighted by atomic mass is 10.2. The maximum atomic E-state index is 12.1. The van der Waals surface area contributed by atoms with Crippen LogP contribution < -0.4 is 0 Å². The average molecular weight is 427 g/mol. The third-order valence-electron chi connectivity index (χ3n) is 2.35. The van der Waals surface area contributed by atoms with Crippen LogP contribution in [0.15, 0.2) is 0 Å². The predicted octanol–water partition coefficient (Wildman–Crippen LogP) is 2.20. The molecular formula is C9H18Br2NO6P. The number of halogens is 2. The second-order valence-corrected chi connectivity index (χ2v) is 9.43. The van der Waals surface area contributed by atoms with E-state index >= 15 is 0 Å². The molecule has 0 rings (SSSR count). The Balaban J connectivity index is 4.28. The molecule has 0 fully saturated rings. The molecule has 0 aliphatic rings. The lowest BCUT2D eigenvalue weighted by molar-refractivity contribution is -0.863. The van der Waals surface area contributed by atoms with Crippen molar-refractivity contribution < 1.29 is 28.9 Å². The van der Waals surface area contributed by atoms with Gasteiger partial charge in [0.25, 0.3) is 0 Å². The van der Waals surface area contributed by atoms with Gasteiger partial charge < -0.3 is 24.7 Å². The lowest BCUT2D eigenvalue weighted by Crippen LogP contribution is -2.47. The minimum atomic E-state index is -4.53. The van der Waals surface area contributed by atoms with Crippen LogP contribution >= 0.6 is 39.5 Å². The van der Waals surface area contributed by atoms with Gasteiger partial charge >= 0.3 is 13.6 Å².